The number of methoxy groups -OCH3 is 1. The van der Waals surface area contributed by atoms with Gasteiger partial charge in [0.2, 0.25) is 0 Å². The monoisotopic (exact) mass is 434 g/mol. The number of aliphatic carboxylic acids is 1. The second-order valence-electron chi connectivity index (χ2n) is 6.75. The topological polar surface area (TPSA) is 86.0 Å². The summed E-state index contributed by atoms with van der Waals surface area (Å²) in [5.74, 6) is -0.576. The highest BCUT2D eigenvalue weighted by atomic mass is 35.5. The SMILES string of the molecule is COc1cc(Cl)c(OC2CCC2C(=O)O)cc1-c1cc(=O)c2cccc(Cl)c2o1. The van der Waals surface area contributed by atoms with Crippen LogP contribution in [0, 0.1) is 5.92 Å². The van der Waals surface area contributed by atoms with Crippen LogP contribution < -0.4 is 14.9 Å². The van der Waals surface area contributed by atoms with E-state index in [-0.39, 0.29) is 21.8 Å². The van der Waals surface area contributed by atoms with Crippen molar-refractivity contribution in [3.63, 3.8) is 0 Å². The first kappa shape index (κ1) is 19.6. The molecule has 1 N–H and O–H groups in total. The number of carboxylic acid groups (broad SMARTS) is 1. The largest absolute Gasteiger partial charge is 0.496 e. The van der Waals surface area contributed by atoms with Gasteiger partial charge in [0, 0.05) is 12.1 Å². The number of para-hydroxylation sites is 1. The molecule has 0 spiro atoms. The Morgan fingerprint density at radius 1 is 1.14 bits per heavy atom. The van der Waals surface area contributed by atoms with Crippen LogP contribution in [-0.2, 0) is 4.79 Å². The maximum absolute atomic E-state index is 12.5. The van der Waals surface area contributed by atoms with Crippen molar-refractivity contribution in [2.24, 2.45) is 5.92 Å². The van der Waals surface area contributed by atoms with E-state index in [9.17, 15) is 14.7 Å². The highest BCUT2D eigenvalue weighted by molar-refractivity contribution is 6.34. The van der Waals surface area contributed by atoms with Crippen molar-refractivity contribution in [3.8, 4) is 22.8 Å². The van der Waals surface area contributed by atoms with Crippen LogP contribution in [-0.4, -0.2) is 24.3 Å². The van der Waals surface area contributed by atoms with Gasteiger partial charge in [0.25, 0.3) is 0 Å². The second kappa shape index (κ2) is 7.61. The van der Waals surface area contributed by atoms with E-state index in [0.717, 1.165) is 0 Å². The van der Waals surface area contributed by atoms with Gasteiger partial charge in [-0.15, -0.1) is 0 Å². The molecule has 0 aliphatic heterocycles. The normalized spacial score (nSPS) is 18.3. The summed E-state index contributed by atoms with van der Waals surface area (Å²) >= 11 is 12.5. The molecule has 0 saturated heterocycles. The average Bonchev–Trinajstić information content (AvgIpc) is 2.66. The number of carboxylic acids is 1. The molecular weight excluding hydrogens is 419 g/mol. The number of fused-ring (bicyclic) bond motifs is 1. The predicted octanol–water partition coefficient (Wildman–Crippen LogP) is 5.02. The number of rotatable bonds is 5. The number of ether oxygens (including phenoxy) is 2. The van der Waals surface area contributed by atoms with E-state index in [4.69, 9.17) is 37.1 Å². The van der Waals surface area contributed by atoms with Crippen LogP contribution in [0.4, 0.5) is 0 Å². The Morgan fingerprint density at radius 3 is 2.59 bits per heavy atom. The lowest BCUT2D eigenvalue weighted by Crippen LogP contribution is -2.41. The summed E-state index contributed by atoms with van der Waals surface area (Å²) in [5, 5.41) is 10.2. The fourth-order valence-electron chi connectivity index (χ4n) is 3.32. The highest BCUT2D eigenvalue weighted by Gasteiger charge is 2.39. The van der Waals surface area contributed by atoms with Crippen LogP contribution in [0.1, 0.15) is 12.8 Å². The second-order valence-corrected chi connectivity index (χ2v) is 7.57. The molecule has 1 saturated carbocycles. The van der Waals surface area contributed by atoms with Gasteiger partial charge in [-0.1, -0.05) is 29.3 Å². The summed E-state index contributed by atoms with van der Waals surface area (Å²) in [6, 6.07) is 9.40. The average molecular weight is 435 g/mol. The zero-order valence-corrected chi connectivity index (χ0v) is 16.8. The van der Waals surface area contributed by atoms with Gasteiger partial charge in [0.1, 0.15) is 23.4 Å². The minimum Gasteiger partial charge on any atom is -0.496 e. The molecule has 0 bridgehead atoms. The summed E-state index contributed by atoms with van der Waals surface area (Å²) in [4.78, 5) is 23.8. The van der Waals surface area contributed by atoms with E-state index >= 15 is 0 Å². The minimum absolute atomic E-state index is 0.234. The van der Waals surface area contributed by atoms with Gasteiger partial charge in [0.05, 0.1) is 34.0 Å². The summed E-state index contributed by atoms with van der Waals surface area (Å²) in [6.07, 6.45) is 0.706. The van der Waals surface area contributed by atoms with Gasteiger partial charge in [-0.25, -0.2) is 0 Å². The van der Waals surface area contributed by atoms with Gasteiger partial charge in [-0.3, -0.25) is 9.59 Å². The Balaban J connectivity index is 1.81. The zero-order chi connectivity index (χ0) is 20.7. The molecule has 1 heterocycles. The van der Waals surface area contributed by atoms with Crippen LogP contribution in [0.25, 0.3) is 22.3 Å². The van der Waals surface area contributed by atoms with Crippen LogP contribution in [0.2, 0.25) is 10.0 Å². The van der Waals surface area contributed by atoms with Gasteiger partial charge >= 0.3 is 5.97 Å². The fraction of sp³-hybridized carbons (Fsp3) is 0.238. The molecule has 1 aliphatic carbocycles. The molecule has 29 heavy (non-hydrogen) atoms. The van der Waals surface area contributed by atoms with Crippen molar-refractivity contribution in [2.75, 3.05) is 7.11 Å². The van der Waals surface area contributed by atoms with Gasteiger partial charge in [-0.05, 0) is 31.0 Å². The van der Waals surface area contributed by atoms with E-state index in [1.807, 2.05) is 0 Å². The molecule has 0 amide bonds. The molecule has 4 rings (SSSR count). The number of carbonyl (C=O) groups is 1. The molecule has 0 radical (unpaired) electrons. The minimum atomic E-state index is -0.902. The standard InChI is InChI=1S/C21H16Cl2O6/c1-27-17-8-14(23)19(28-16-6-5-11(16)21(25)26)7-12(17)18-9-15(24)10-3-2-4-13(22)20(10)29-18/h2-4,7-9,11,16H,5-6H2,1H3,(H,25,26). The maximum atomic E-state index is 12.5. The van der Waals surface area contributed by atoms with E-state index in [1.165, 1.54) is 19.2 Å². The first-order valence-electron chi connectivity index (χ1n) is 8.88. The lowest BCUT2D eigenvalue weighted by Gasteiger charge is -2.33. The third-order valence-corrected chi connectivity index (χ3v) is 5.63. The third kappa shape index (κ3) is 3.54. The Kier molecular flexibility index (Phi) is 5.15. The third-order valence-electron chi connectivity index (χ3n) is 5.03. The molecule has 1 aromatic heterocycles. The van der Waals surface area contributed by atoms with Crippen molar-refractivity contribution in [3.05, 3.63) is 56.7 Å². The Labute approximate surface area is 175 Å². The molecule has 3 aromatic rings. The lowest BCUT2D eigenvalue weighted by molar-refractivity contribution is -0.150. The molecule has 2 aromatic carbocycles. The van der Waals surface area contributed by atoms with E-state index < -0.39 is 18.0 Å². The smallest absolute Gasteiger partial charge is 0.310 e. The van der Waals surface area contributed by atoms with Crippen LogP contribution >= 0.6 is 23.2 Å². The summed E-state index contributed by atoms with van der Waals surface area (Å²) < 4.78 is 17.1. The molecular formula is C21H16Cl2O6. The van der Waals surface area contributed by atoms with Crippen molar-refractivity contribution in [1.29, 1.82) is 0 Å². The van der Waals surface area contributed by atoms with E-state index in [0.29, 0.717) is 40.3 Å². The molecule has 1 fully saturated rings. The van der Waals surface area contributed by atoms with Crippen molar-refractivity contribution in [2.45, 2.75) is 18.9 Å². The first-order chi connectivity index (χ1) is 13.9. The number of hydrogen-bond acceptors (Lipinski definition) is 5. The molecule has 2 unspecified atom stereocenters. The van der Waals surface area contributed by atoms with E-state index in [2.05, 4.69) is 0 Å². The van der Waals surface area contributed by atoms with Crippen LogP contribution in [0.5, 0.6) is 11.5 Å². The van der Waals surface area contributed by atoms with Crippen molar-refractivity contribution >= 4 is 40.1 Å². The summed E-state index contributed by atoms with van der Waals surface area (Å²) in [6.45, 7) is 0. The van der Waals surface area contributed by atoms with Crippen LogP contribution in [0.3, 0.4) is 0 Å². The number of hydrogen-bond donors (Lipinski definition) is 1. The maximum Gasteiger partial charge on any atom is 0.310 e. The summed E-state index contributed by atoms with van der Waals surface area (Å²) in [5.41, 5.74) is 0.450. The quantitative estimate of drug-likeness (QED) is 0.606. The number of halogens is 2. The van der Waals surface area contributed by atoms with Gasteiger partial charge < -0.3 is 19.0 Å². The van der Waals surface area contributed by atoms with Crippen molar-refractivity contribution < 1.29 is 23.8 Å². The van der Waals surface area contributed by atoms with Crippen molar-refractivity contribution in [1.82, 2.24) is 0 Å². The van der Waals surface area contributed by atoms with Gasteiger partial charge in [0.15, 0.2) is 11.0 Å². The van der Waals surface area contributed by atoms with Gasteiger partial charge in [-0.2, -0.15) is 0 Å². The zero-order valence-electron chi connectivity index (χ0n) is 15.3. The first-order valence-corrected chi connectivity index (χ1v) is 9.64. The van der Waals surface area contributed by atoms with E-state index in [1.54, 1.807) is 24.3 Å². The molecule has 6 nitrogen and oxygen atoms in total. The lowest BCUT2D eigenvalue weighted by atomic mass is 9.82. The Bertz CT molecular complexity index is 1170. The Morgan fingerprint density at radius 2 is 1.93 bits per heavy atom. The molecule has 1 aliphatic rings. The molecule has 8 heteroatoms. The molecule has 150 valence electrons. The van der Waals surface area contributed by atoms with Crippen LogP contribution in [0.15, 0.2) is 45.6 Å². The summed E-state index contributed by atoms with van der Waals surface area (Å²) in [7, 11) is 1.47. The number of benzene rings is 2. The molecule has 2 atom stereocenters. The fourth-order valence-corrected chi connectivity index (χ4v) is 3.73. The highest BCUT2D eigenvalue weighted by Crippen LogP contribution is 2.42. The predicted molar refractivity (Wildman–Crippen MR) is 109 cm³/mol. The Hall–Kier alpha value is -2.70.